The van der Waals surface area contributed by atoms with Crippen molar-refractivity contribution in [3.05, 3.63) is 20.8 Å². The van der Waals surface area contributed by atoms with E-state index < -0.39 is 11.5 Å². The highest BCUT2D eigenvalue weighted by atomic mass is 79.9. The number of carboxylic acids is 1. The van der Waals surface area contributed by atoms with Gasteiger partial charge in [0.1, 0.15) is 0 Å². The van der Waals surface area contributed by atoms with Gasteiger partial charge < -0.3 is 15.7 Å². The number of thiophene rings is 1. The standard InChI is InChI=1S/C13H17BrN2O3S/c14-9-5-10(20-8-9)7-15-12(19)16-13(6-11(17)18)3-1-2-4-13/h5,8H,1-4,6-7H2,(H,17,18)(H2,15,16,19). The van der Waals surface area contributed by atoms with Crippen molar-refractivity contribution >= 4 is 39.3 Å². The summed E-state index contributed by atoms with van der Waals surface area (Å²) in [6, 6.07) is 1.66. The predicted octanol–water partition coefficient (Wildman–Crippen LogP) is 3.10. The third kappa shape index (κ3) is 4.21. The van der Waals surface area contributed by atoms with Crippen LogP contribution in [0.15, 0.2) is 15.9 Å². The van der Waals surface area contributed by atoms with E-state index in [9.17, 15) is 9.59 Å². The molecule has 0 radical (unpaired) electrons. The molecule has 0 spiro atoms. The molecule has 0 atom stereocenters. The summed E-state index contributed by atoms with van der Waals surface area (Å²) < 4.78 is 0.998. The van der Waals surface area contributed by atoms with E-state index in [-0.39, 0.29) is 12.5 Å². The van der Waals surface area contributed by atoms with Crippen LogP contribution in [0.5, 0.6) is 0 Å². The largest absolute Gasteiger partial charge is 0.481 e. The molecule has 2 amide bonds. The fourth-order valence-corrected chi connectivity index (χ4v) is 3.98. The number of halogens is 1. The van der Waals surface area contributed by atoms with Crippen LogP contribution >= 0.6 is 27.3 Å². The third-order valence-corrected chi connectivity index (χ3v) is 5.17. The molecule has 1 saturated carbocycles. The molecule has 0 bridgehead atoms. The Morgan fingerprint density at radius 3 is 2.65 bits per heavy atom. The number of rotatable bonds is 5. The highest BCUT2D eigenvalue weighted by molar-refractivity contribution is 9.10. The molecule has 3 N–H and O–H groups in total. The van der Waals surface area contributed by atoms with Crippen molar-refractivity contribution < 1.29 is 14.7 Å². The quantitative estimate of drug-likeness (QED) is 0.754. The van der Waals surface area contributed by atoms with Gasteiger partial charge >= 0.3 is 12.0 Å². The molecule has 1 aromatic heterocycles. The van der Waals surface area contributed by atoms with Gasteiger partial charge in [-0.3, -0.25) is 4.79 Å². The van der Waals surface area contributed by atoms with Crippen molar-refractivity contribution in [1.29, 1.82) is 0 Å². The molecule has 1 fully saturated rings. The van der Waals surface area contributed by atoms with Crippen LogP contribution in [-0.2, 0) is 11.3 Å². The number of hydrogen-bond donors (Lipinski definition) is 3. The van der Waals surface area contributed by atoms with E-state index in [0.717, 1.165) is 35.0 Å². The van der Waals surface area contributed by atoms with E-state index in [0.29, 0.717) is 6.54 Å². The minimum absolute atomic E-state index is 0.00896. The fourth-order valence-electron chi connectivity index (χ4n) is 2.59. The maximum absolute atomic E-state index is 11.9. The lowest BCUT2D eigenvalue weighted by molar-refractivity contribution is -0.138. The van der Waals surface area contributed by atoms with Crippen LogP contribution in [0.3, 0.4) is 0 Å². The molecule has 0 saturated heterocycles. The van der Waals surface area contributed by atoms with Gasteiger partial charge in [0.15, 0.2) is 0 Å². The molecule has 2 rings (SSSR count). The molecule has 0 unspecified atom stereocenters. The Morgan fingerprint density at radius 2 is 2.10 bits per heavy atom. The first-order valence-electron chi connectivity index (χ1n) is 6.50. The molecule has 0 aliphatic heterocycles. The Balaban J connectivity index is 1.87. The first-order chi connectivity index (χ1) is 9.49. The summed E-state index contributed by atoms with van der Waals surface area (Å²) in [5.41, 5.74) is -0.577. The van der Waals surface area contributed by atoms with E-state index in [2.05, 4.69) is 26.6 Å². The van der Waals surface area contributed by atoms with Gasteiger partial charge in [-0.05, 0) is 34.8 Å². The van der Waals surface area contributed by atoms with Crippen molar-refractivity contribution in [2.45, 2.75) is 44.2 Å². The van der Waals surface area contributed by atoms with Crippen LogP contribution in [0.2, 0.25) is 0 Å². The van der Waals surface area contributed by atoms with E-state index in [1.807, 2.05) is 11.4 Å². The molecule has 7 heteroatoms. The molecular weight excluding hydrogens is 344 g/mol. The molecular formula is C13H17BrN2O3S. The summed E-state index contributed by atoms with van der Waals surface area (Å²) in [4.78, 5) is 23.9. The Hall–Kier alpha value is -1.08. The van der Waals surface area contributed by atoms with Crippen LogP contribution in [0.1, 0.15) is 37.0 Å². The second-order valence-electron chi connectivity index (χ2n) is 5.10. The Labute approximate surface area is 129 Å². The highest BCUT2D eigenvalue weighted by Crippen LogP contribution is 2.32. The van der Waals surface area contributed by atoms with Crippen LogP contribution in [-0.4, -0.2) is 22.6 Å². The van der Waals surface area contributed by atoms with E-state index in [4.69, 9.17) is 5.11 Å². The number of aliphatic carboxylic acids is 1. The van der Waals surface area contributed by atoms with Gasteiger partial charge in [-0.25, -0.2) is 4.79 Å². The maximum atomic E-state index is 11.9. The molecule has 5 nitrogen and oxygen atoms in total. The van der Waals surface area contributed by atoms with Gasteiger partial charge in [-0.1, -0.05) is 12.8 Å². The molecule has 1 aliphatic carbocycles. The summed E-state index contributed by atoms with van der Waals surface area (Å²) in [6.45, 7) is 0.450. The van der Waals surface area contributed by atoms with Gasteiger partial charge in [-0.2, -0.15) is 0 Å². The molecule has 110 valence electrons. The van der Waals surface area contributed by atoms with Crippen molar-refractivity contribution in [3.8, 4) is 0 Å². The zero-order valence-electron chi connectivity index (χ0n) is 10.9. The number of nitrogens with one attached hydrogen (secondary N) is 2. The summed E-state index contributed by atoms with van der Waals surface area (Å²) >= 11 is 4.92. The molecule has 0 aromatic carbocycles. The monoisotopic (exact) mass is 360 g/mol. The number of carbonyl (C=O) groups excluding carboxylic acids is 1. The fraction of sp³-hybridized carbons (Fsp3) is 0.538. The van der Waals surface area contributed by atoms with Gasteiger partial charge in [0.05, 0.1) is 18.5 Å². The summed E-state index contributed by atoms with van der Waals surface area (Å²) in [5.74, 6) is -0.866. The minimum atomic E-state index is -0.866. The van der Waals surface area contributed by atoms with Gasteiger partial charge in [0.25, 0.3) is 0 Å². The van der Waals surface area contributed by atoms with Gasteiger partial charge in [0, 0.05) is 14.7 Å². The average molecular weight is 361 g/mol. The summed E-state index contributed by atoms with van der Waals surface area (Å²) in [7, 11) is 0. The molecule has 1 aliphatic rings. The zero-order chi connectivity index (χ0) is 14.6. The average Bonchev–Trinajstić information content (AvgIpc) is 2.95. The summed E-state index contributed by atoms with van der Waals surface area (Å²) in [5, 5.41) is 16.6. The van der Waals surface area contributed by atoms with Crippen LogP contribution in [0.4, 0.5) is 4.79 Å². The number of carbonyl (C=O) groups is 2. The van der Waals surface area contributed by atoms with Crippen molar-refractivity contribution in [2.24, 2.45) is 0 Å². The van der Waals surface area contributed by atoms with Crippen molar-refractivity contribution in [3.63, 3.8) is 0 Å². The molecule has 1 aromatic rings. The normalized spacial score (nSPS) is 16.9. The number of hydrogen-bond acceptors (Lipinski definition) is 3. The minimum Gasteiger partial charge on any atom is -0.481 e. The lowest BCUT2D eigenvalue weighted by atomic mass is 9.93. The van der Waals surface area contributed by atoms with Crippen LogP contribution < -0.4 is 10.6 Å². The highest BCUT2D eigenvalue weighted by Gasteiger charge is 2.37. The van der Waals surface area contributed by atoms with E-state index >= 15 is 0 Å². The Morgan fingerprint density at radius 1 is 1.40 bits per heavy atom. The van der Waals surface area contributed by atoms with E-state index in [1.54, 1.807) is 11.3 Å². The van der Waals surface area contributed by atoms with Gasteiger partial charge in [-0.15, -0.1) is 11.3 Å². The van der Waals surface area contributed by atoms with Gasteiger partial charge in [0.2, 0.25) is 0 Å². The second kappa shape index (κ2) is 6.58. The lowest BCUT2D eigenvalue weighted by Crippen LogP contribution is -2.51. The maximum Gasteiger partial charge on any atom is 0.315 e. The Bertz CT molecular complexity index is 498. The topological polar surface area (TPSA) is 78.4 Å². The molecule has 20 heavy (non-hydrogen) atoms. The molecule has 1 heterocycles. The number of amides is 2. The number of carboxylic acid groups (broad SMARTS) is 1. The van der Waals surface area contributed by atoms with E-state index in [1.165, 1.54) is 0 Å². The SMILES string of the molecule is O=C(O)CC1(NC(=O)NCc2cc(Br)cs2)CCCC1. The predicted molar refractivity (Wildman–Crippen MR) is 80.8 cm³/mol. The first kappa shape index (κ1) is 15.3. The van der Waals surface area contributed by atoms with Crippen molar-refractivity contribution in [2.75, 3.05) is 0 Å². The van der Waals surface area contributed by atoms with Crippen LogP contribution in [0.25, 0.3) is 0 Å². The third-order valence-electron chi connectivity index (χ3n) is 3.47. The second-order valence-corrected chi connectivity index (χ2v) is 7.01. The Kier molecular flexibility index (Phi) is 5.04. The smallest absolute Gasteiger partial charge is 0.315 e. The van der Waals surface area contributed by atoms with Crippen molar-refractivity contribution in [1.82, 2.24) is 10.6 Å². The first-order valence-corrected chi connectivity index (χ1v) is 8.17. The van der Waals surface area contributed by atoms with Crippen LogP contribution in [0, 0.1) is 0 Å². The zero-order valence-corrected chi connectivity index (χ0v) is 13.3. The lowest BCUT2D eigenvalue weighted by Gasteiger charge is -2.28. The number of urea groups is 1. The summed E-state index contributed by atoms with van der Waals surface area (Å²) in [6.07, 6.45) is 3.39.